The van der Waals surface area contributed by atoms with Crippen LogP contribution in [-0.2, 0) is 20.9 Å². The fourth-order valence-electron chi connectivity index (χ4n) is 3.28. The molecule has 0 aliphatic carbocycles. The maximum Gasteiger partial charge on any atom is 0.267 e. The second-order valence-corrected chi connectivity index (χ2v) is 7.25. The van der Waals surface area contributed by atoms with Crippen molar-refractivity contribution in [3.63, 3.8) is 0 Å². The lowest BCUT2D eigenvalue weighted by atomic mass is 10.1. The zero-order chi connectivity index (χ0) is 20.6. The molecular weight excluding hydrogens is 378 g/mol. The first-order valence-electron chi connectivity index (χ1n) is 10.2. The molecule has 4 rings (SSSR count). The van der Waals surface area contributed by atoms with Gasteiger partial charge in [-0.2, -0.15) is 0 Å². The molecule has 1 aromatic heterocycles. The lowest BCUT2D eigenvalue weighted by Crippen LogP contribution is -2.32. The van der Waals surface area contributed by atoms with Gasteiger partial charge in [0.25, 0.3) is 5.91 Å². The Morgan fingerprint density at radius 2 is 2.00 bits per heavy atom. The van der Waals surface area contributed by atoms with Crippen LogP contribution in [0.4, 0.5) is 0 Å². The van der Waals surface area contributed by atoms with Crippen molar-refractivity contribution in [2.24, 2.45) is 0 Å². The predicted molar refractivity (Wildman–Crippen MR) is 115 cm³/mol. The lowest BCUT2D eigenvalue weighted by Gasteiger charge is -2.21. The van der Waals surface area contributed by atoms with Gasteiger partial charge < -0.3 is 9.30 Å². The molecular formula is C24H25N3O3. The summed E-state index contributed by atoms with van der Waals surface area (Å²) in [6.45, 7) is 1.41. The van der Waals surface area contributed by atoms with Gasteiger partial charge in [0.2, 0.25) is 0 Å². The van der Waals surface area contributed by atoms with Crippen LogP contribution in [0.2, 0.25) is 0 Å². The van der Waals surface area contributed by atoms with Gasteiger partial charge in [0.15, 0.2) is 6.29 Å². The Morgan fingerprint density at radius 3 is 2.77 bits per heavy atom. The van der Waals surface area contributed by atoms with E-state index < -0.39 is 0 Å². The molecule has 3 aromatic rings. The van der Waals surface area contributed by atoms with Gasteiger partial charge in [0, 0.05) is 37.4 Å². The number of nitrogens with zero attached hydrogens (tertiary/aromatic N) is 2. The highest BCUT2D eigenvalue weighted by Crippen LogP contribution is 2.17. The Labute approximate surface area is 176 Å². The SMILES string of the molecule is O=C(/C=C/c1ccc(Cn2cnc(-c3ccccc3)c2)cc1)NOC1CCCCO1. The number of carbonyl (C=O) groups excluding carboxylic acids is 1. The van der Waals surface area contributed by atoms with Crippen LogP contribution in [0.25, 0.3) is 17.3 Å². The molecule has 2 heterocycles. The molecule has 30 heavy (non-hydrogen) atoms. The predicted octanol–water partition coefficient (Wildman–Crippen LogP) is 4.19. The number of ether oxygens (including phenoxy) is 1. The Kier molecular flexibility index (Phi) is 6.69. The van der Waals surface area contributed by atoms with Gasteiger partial charge in [0.1, 0.15) is 0 Å². The van der Waals surface area contributed by atoms with E-state index in [1.165, 1.54) is 6.08 Å². The van der Waals surface area contributed by atoms with E-state index in [2.05, 4.69) is 27.2 Å². The minimum Gasteiger partial charge on any atom is -0.350 e. The van der Waals surface area contributed by atoms with E-state index >= 15 is 0 Å². The van der Waals surface area contributed by atoms with Crippen LogP contribution in [0.15, 0.2) is 73.2 Å². The van der Waals surface area contributed by atoms with E-state index in [4.69, 9.17) is 9.57 Å². The van der Waals surface area contributed by atoms with Crippen molar-refractivity contribution in [2.75, 3.05) is 6.61 Å². The van der Waals surface area contributed by atoms with Crippen molar-refractivity contribution < 1.29 is 14.4 Å². The summed E-state index contributed by atoms with van der Waals surface area (Å²) in [7, 11) is 0. The maximum atomic E-state index is 11.9. The first-order chi connectivity index (χ1) is 14.8. The number of hydrogen-bond acceptors (Lipinski definition) is 4. The highest BCUT2D eigenvalue weighted by molar-refractivity contribution is 5.90. The summed E-state index contributed by atoms with van der Waals surface area (Å²) in [5.74, 6) is -0.305. The highest BCUT2D eigenvalue weighted by atomic mass is 16.8. The summed E-state index contributed by atoms with van der Waals surface area (Å²) in [5, 5.41) is 0. The number of hydrogen-bond donors (Lipinski definition) is 1. The van der Waals surface area contributed by atoms with E-state index in [9.17, 15) is 4.79 Å². The first kappa shape index (κ1) is 20.1. The van der Waals surface area contributed by atoms with Crippen LogP contribution < -0.4 is 5.48 Å². The fourth-order valence-corrected chi connectivity index (χ4v) is 3.28. The molecule has 0 radical (unpaired) electrons. The largest absolute Gasteiger partial charge is 0.350 e. The number of nitrogens with one attached hydrogen (secondary N) is 1. The minimum atomic E-state index is -0.346. The topological polar surface area (TPSA) is 65.4 Å². The molecule has 6 nitrogen and oxygen atoms in total. The molecule has 0 saturated carbocycles. The quantitative estimate of drug-likeness (QED) is 0.475. The number of benzene rings is 2. The number of rotatable bonds is 7. The Bertz CT molecular complexity index is 974. The molecule has 1 N–H and O–H groups in total. The molecule has 0 bridgehead atoms. The standard InChI is InChI=1S/C24H25N3O3/c28-23(26-30-24-8-4-5-15-29-24)14-13-19-9-11-20(12-10-19)16-27-17-22(25-18-27)21-6-2-1-3-7-21/h1-3,6-7,9-14,17-18,24H,4-5,8,15-16H2,(H,26,28)/b14-13+. The van der Waals surface area contributed by atoms with E-state index in [1.807, 2.05) is 55.0 Å². The number of hydroxylamine groups is 1. The molecule has 1 saturated heterocycles. The van der Waals surface area contributed by atoms with Crippen molar-refractivity contribution in [1.29, 1.82) is 0 Å². The fraction of sp³-hybridized carbons (Fsp3) is 0.250. The van der Waals surface area contributed by atoms with E-state index in [0.717, 1.165) is 48.2 Å². The third-order valence-electron chi connectivity index (χ3n) is 4.90. The third kappa shape index (κ3) is 5.65. The van der Waals surface area contributed by atoms with Crippen molar-refractivity contribution in [1.82, 2.24) is 15.0 Å². The Morgan fingerprint density at radius 1 is 1.17 bits per heavy atom. The van der Waals surface area contributed by atoms with Gasteiger partial charge in [-0.1, -0.05) is 54.6 Å². The monoisotopic (exact) mass is 403 g/mol. The number of amides is 1. The van der Waals surface area contributed by atoms with Crippen LogP contribution in [0, 0.1) is 0 Å². The smallest absolute Gasteiger partial charge is 0.267 e. The second-order valence-electron chi connectivity index (χ2n) is 7.25. The molecule has 1 fully saturated rings. The molecule has 1 aliphatic heterocycles. The van der Waals surface area contributed by atoms with Gasteiger partial charge in [-0.3, -0.25) is 4.79 Å². The summed E-state index contributed by atoms with van der Waals surface area (Å²) in [5.41, 5.74) is 6.59. The minimum absolute atomic E-state index is 0.305. The maximum absolute atomic E-state index is 11.9. The average molecular weight is 403 g/mol. The van der Waals surface area contributed by atoms with Crippen molar-refractivity contribution in [2.45, 2.75) is 32.1 Å². The van der Waals surface area contributed by atoms with Gasteiger partial charge in [0.05, 0.1) is 12.0 Å². The molecule has 1 unspecified atom stereocenters. The van der Waals surface area contributed by atoms with E-state index in [-0.39, 0.29) is 12.2 Å². The van der Waals surface area contributed by atoms with Gasteiger partial charge in [-0.05, 0) is 30.0 Å². The summed E-state index contributed by atoms with van der Waals surface area (Å²) in [4.78, 5) is 21.7. The second kappa shape index (κ2) is 10.0. The molecule has 1 atom stereocenters. The van der Waals surface area contributed by atoms with Gasteiger partial charge >= 0.3 is 0 Å². The van der Waals surface area contributed by atoms with Crippen LogP contribution >= 0.6 is 0 Å². The average Bonchev–Trinajstić information content (AvgIpc) is 3.27. The first-order valence-corrected chi connectivity index (χ1v) is 10.2. The number of imidazole rings is 1. The molecule has 1 aliphatic rings. The normalized spacial score (nSPS) is 16.6. The lowest BCUT2D eigenvalue weighted by molar-refractivity contribution is -0.198. The third-order valence-corrected chi connectivity index (χ3v) is 4.90. The van der Waals surface area contributed by atoms with Crippen molar-refractivity contribution in [3.05, 3.63) is 84.3 Å². The number of aromatic nitrogens is 2. The molecule has 2 aromatic carbocycles. The van der Waals surface area contributed by atoms with Crippen LogP contribution in [0.3, 0.4) is 0 Å². The van der Waals surface area contributed by atoms with Crippen LogP contribution in [0.1, 0.15) is 30.4 Å². The van der Waals surface area contributed by atoms with Crippen LogP contribution in [0.5, 0.6) is 0 Å². The summed E-state index contributed by atoms with van der Waals surface area (Å²) >= 11 is 0. The number of carbonyl (C=O) groups is 1. The van der Waals surface area contributed by atoms with Crippen molar-refractivity contribution >= 4 is 12.0 Å². The van der Waals surface area contributed by atoms with Crippen LogP contribution in [-0.4, -0.2) is 28.4 Å². The molecule has 1 amide bonds. The summed E-state index contributed by atoms with van der Waals surface area (Å²) < 4.78 is 7.47. The van der Waals surface area contributed by atoms with E-state index in [0.29, 0.717) is 6.61 Å². The molecule has 0 spiro atoms. The van der Waals surface area contributed by atoms with Crippen molar-refractivity contribution in [3.8, 4) is 11.3 Å². The Balaban J connectivity index is 1.28. The van der Waals surface area contributed by atoms with Gasteiger partial charge in [-0.25, -0.2) is 15.3 Å². The van der Waals surface area contributed by atoms with E-state index in [1.54, 1.807) is 6.08 Å². The molecule has 154 valence electrons. The Hall–Kier alpha value is -3.22. The highest BCUT2D eigenvalue weighted by Gasteiger charge is 2.14. The van der Waals surface area contributed by atoms with Gasteiger partial charge in [-0.15, -0.1) is 0 Å². The molecule has 6 heteroatoms. The summed E-state index contributed by atoms with van der Waals surface area (Å²) in [6, 6.07) is 18.2. The summed E-state index contributed by atoms with van der Waals surface area (Å²) in [6.07, 6.45) is 9.65. The zero-order valence-corrected chi connectivity index (χ0v) is 16.7. The zero-order valence-electron chi connectivity index (χ0n) is 16.7.